The highest BCUT2D eigenvalue weighted by Gasteiger charge is 2.34. The minimum atomic E-state index is -0.752. The number of nitro groups is 1. The summed E-state index contributed by atoms with van der Waals surface area (Å²) in [6.45, 7) is 2.37. The molecule has 9 nitrogen and oxygen atoms in total. The molecule has 0 heterocycles. The van der Waals surface area contributed by atoms with Crippen molar-refractivity contribution in [3.05, 3.63) is 10.1 Å². The lowest BCUT2D eigenvalue weighted by Gasteiger charge is -2.36. The number of nitrogens with two attached hydrogens (primary N) is 3. The Bertz CT molecular complexity index is 428. The van der Waals surface area contributed by atoms with Crippen molar-refractivity contribution in [1.82, 2.24) is 5.43 Å². The first kappa shape index (κ1) is 18.1. The summed E-state index contributed by atoms with van der Waals surface area (Å²) in [5, 5.41) is 9.48. The summed E-state index contributed by atoms with van der Waals surface area (Å²) >= 11 is 0. The lowest BCUT2D eigenvalue weighted by Crippen LogP contribution is -2.43. The molecule has 0 radical (unpaired) electrons. The fourth-order valence-corrected chi connectivity index (χ4v) is 3.16. The third kappa shape index (κ3) is 5.47. The van der Waals surface area contributed by atoms with Gasteiger partial charge in [-0.2, -0.15) is 0 Å². The monoisotopic (exact) mass is 314 g/mol. The van der Waals surface area contributed by atoms with E-state index in [1.807, 2.05) is 6.92 Å². The molecule has 0 aliphatic heterocycles. The third-order valence-electron chi connectivity index (χ3n) is 4.32. The molecule has 0 bridgehead atoms. The summed E-state index contributed by atoms with van der Waals surface area (Å²) in [7, 11) is 0. The molecule has 1 amide bonds. The molecule has 1 aliphatic carbocycles. The Morgan fingerprint density at radius 3 is 2.64 bits per heavy atom. The van der Waals surface area contributed by atoms with Gasteiger partial charge < -0.3 is 17.2 Å². The van der Waals surface area contributed by atoms with E-state index < -0.39 is 5.03 Å². The largest absolute Gasteiger partial charge is 0.369 e. The van der Waals surface area contributed by atoms with Gasteiger partial charge in [-0.1, -0.05) is 18.8 Å². The van der Waals surface area contributed by atoms with Crippen LogP contribution >= 0.6 is 0 Å². The van der Waals surface area contributed by atoms with Gasteiger partial charge in [0.1, 0.15) is 0 Å². The van der Waals surface area contributed by atoms with E-state index in [9.17, 15) is 14.9 Å². The van der Waals surface area contributed by atoms with E-state index >= 15 is 0 Å². The number of primary amides is 1. The number of hydrazine groups is 1. The summed E-state index contributed by atoms with van der Waals surface area (Å²) in [6.07, 6.45) is 4.10. The Labute approximate surface area is 129 Å². The minimum Gasteiger partial charge on any atom is -0.369 e. The van der Waals surface area contributed by atoms with Crippen LogP contribution in [0.2, 0.25) is 0 Å². The van der Waals surface area contributed by atoms with Crippen LogP contribution in [0.4, 0.5) is 0 Å². The van der Waals surface area contributed by atoms with Gasteiger partial charge >= 0.3 is 0 Å². The molecule has 1 aliphatic rings. The van der Waals surface area contributed by atoms with Crippen LogP contribution < -0.4 is 22.6 Å². The first-order valence-electron chi connectivity index (χ1n) is 7.61. The number of amides is 1. The van der Waals surface area contributed by atoms with Crippen molar-refractivity contribution in [3.63, 3.8) is 0 Å². The van der Waals surface area contributed by atoms with Crippen LogP contribution in [-0.2, 0) is 4.79 Å². The maximum absolute atomic E-state index is 11.6. The Balaban J connectivity index is 2.55. The lowest BCUT2D eigenvalue weighted by atomic mass is 9.72. The summed E-state index contributed by atoms with van der Waals surface area (Å²) < 4.78 is 0. The minimum absolute atomic E-state index is 0.107. The Morgan fingerprint density at radius 2 is 2.14 bits per heavy atom. The van der Waals surface area contributed by atoms with Crippen LogP contribution in [0, 0.1) is 27.9 Å². The average Bonchev–Trinajstić information content (AvgIpc) is 2.42. The molecule has 1 fully saturated rings. The Kier molecular flexibility index (Phi) is 7.03. The van der Waals surface area contributed by atoms with Gasteiger partial charge in [0.15, 0.2) is 5.03 Å². The van der Waals surface area contributed by atoms with E-state index in [1.54, 1.807) is 5.43 Å². The van der Waals surface area contributed by atoms with Gasteiger partial charge in [-0.05, 0) is 37.5 Å². The molecule has 7 N–H and O–H groups in total. The summed E-state index contributed by atoms with van der Waals surface area (Å²) in [4.78, 5) is 25.7. The molecule has 1 rings (SSSR count). The van der Waals surface area contributed by atoms with Gasteiger partial charge in [-0.15, -0.1) is 0 Å². The second kappa shape index (κ2) is 8.52. The molecule has 126 valence electrons. The number of aliphatic imine (C=N–C) groups is 1. The van der Waals surface area contributed by atoms with Crippen LogP contribution in [0.5, 0.6) is 0 Å². The van der Waals surface area contributed by atoms with Crippen LogP contribution in [-0.4, -0.2) is 29.5 Å². The number of nitrogens with one attached hydrogen (secondary N) is 1. The zero-order valence-electron chi connectivity index (χ0n) is 12.9. The average molecular weight is 314 g/mol. The van der Waals surface area contributed by atoms with Crippen molar-refractivity contribution in [2.24, 2.45) is 39.9 Å². The van der Waals surface area contributed by atoms with Gasteiger partial charge in [0.2, 0.25) is 5.91 Å². The number of hydrogen-bond acceptors (Lipinski definition) is 5. The number of nitrogens with zero attached hydrogens (tertiary/aromatic N) is 2. The van der Waals surface area contributed by atoms with Gasteiger partial charge in [0, 0.05) is 18.5 Å². The number of guanidine groups is 1. The quantitative estimate of drug-likeness (QED) is 0.219. The van der Waals surface area contributed by atoms with Crippen molar-refractivity contribution in [1.29, 1.82) is 0 Å². The Morgan fingerprint density at radius 1 is 1.45 bits per heavy atom. The number of carbonyl (C=O) groups excluding carboxylic acids is 1. The molecule has 9 heteroatoms. The predicted octanol–water partition coefficient (Wildman–Crippen LogP) is -0.272. The number of carbonyl (C=O) groups is 1. The van der Waals surface area contributed by atoms with Crippen LogP contribution in [0.1, 0.15) is 39.0 Å². The number of rotatable bonds is 7. The van der Waals surface area contributed by atoms with E-state index in [4.69, 9.17) is 17.2 Å². The Hall–Kier alpha value is -1.90. The van der Waals surface area contributed by atoms with E-state index in [1.165, 1.54) is 0 Å². The first-order valence-corrected chi connectivity index (χ1v) is 7.61. The van der Waals surface area contributed by atoms with E-state index in [-0.39, 0.29) is 35.7 Å². The molecule has 0 aromatic carbocycles. The molecule has 0 aromatic rings. The predicted molar refractivity (Wildman–Crippen MR) is 83.0 cm³/mol. The van der Waals surface area contributed by atoms with Gasteiger partial charge in [-0.25, -0.2) is 15.1 Å². The third-order valence-corrected chi connectivity index (χ3v) is 4.32. The van der Waals surface area contributed by atoms with Crippen LogP contribution in [0.3, 0.4) is 0 Å². The fourth-order valence-electron chi connectivity index (χ4n) is 3.16. The highest BCUT2D eigenvalue weighted by molar-refractivity contribution is 5.77. The summed E-state index contributed by atoms with van der Waals surface area (Å²) in [6, 6.07) is -0.107. The van der Waals surface area contributed by atoms with Crippen molar-refractivity contribution in [2.75, 3.05) is 6.54 Å². The topological polar surface area (TPSA) is 163 Å². The zero-order valence-corrected chi connectivity index (χ0v) is 12.9. The van der Waals surface area contributed by atoms with E-state index in [2.05, 4.69) is 4.99 Å². The van der Waals surface area contributed by atoms with Gasteiger partial charge in [0.25, 0.3) is 5.96 Å². The van der Waals surface area contributed by atoms with Crippen molar-refractivity contribution in [3.8, 4) is 0 Å². The normalized spacial score (nSPS) is 27.2. The summed E-state index contributed by atoms with van der Waals surface area (Å²) in [5.74, 6) is -0.280. The van der Waals surface area contributed by atoms with Crippen molar-refractivity contribution >= 4 is 11.9 Å². The molecule has 4 unspecified atom stereocenters. The molecular formula is C13H26N6O3. The fraction of sp³-hybridized carbons (Fsp3) is 0.846. The smallest absolute Gasteiger partial charge is 0.251 e. The molecular weight excluding hydrogens is 288 g/mol. The molecule has 4 atom stereocenters. The van der Waals surface area contributed by atoms with Crippen molar-refractivity contribution < 1.29 is 9.83 Å². The summed E-state index contributed by atoms with van der Waals surface area (Å²) in [5.41, 5.74) is 18.9. The molecule has 0 spiro atoms. The van der Waals surface area contributed by atoms with E-state index in [0.717, 1.165) is 32.1 Å². The standard InChI is InChI=1S/C13H26N6O3/c1-2-3-10(12(15)20)8-4-5-9(11(14)6-8)7-17-13(16)18-19(21)22/h8-11H,2-7,14H2,1H3,(H2,15,20)(H3,16,17,18). The molecule has 0 saturated heterocycles. The molecule has 1 saturated carbocycles. The highest BCUT2D eigenvalue weighted by atomic mass is 16.7. The van der Waals surface area contributed by atoms with Crippen LogP contribution in [0.25, 0.3) is 0 Å². The maximum Gasteiger partial charge on any atom is 0.251 e. The van der Waals surface area contributed by atoms with Crippen molar-refractivity contribution in [2.45, 2.75) is 45.1 Å². The second-order valence-corrected chi connectivity index (χ2v) is 5.89. The number of hydrogen-bond donors (Lipinski definition) is 4. The first-order chi connectivity index (χ1) is 10.3. The molecule has 22 heavy (non-hydrogen) atoms. The lowest BCUT2D eigenvalue weighted by molar-refractivity contribution is -0.525. The second-order valence-electron chi connectivity index (χ2n) is 5.89. The SMILES string of the molecule is CCCC(C(N)=O)C1CCC(CN=C(N)N[N+](=O)[O-])C(N)C1. The van der Waals surface area contributed by atoms with E-state index in [0.29, 0.717) is 6.54 Å². The van der Waals surface area contributed by atoms with Gasteiger partial charge in [-0.3, -0.25) is 4.79 Å². The van der Waals surface area contributed by atoms with Gasteiger partial charge in [0.05, 0.1) is 0 Å². The zero-order chi connectivity index (χ0) is 16.7. The maximum atomic E-state index is 11.6. The van der Waals surface area contributed by atoms with Crippen LogP contribution in [0.15, 0.2) is 4.99 Å². The molecule has 0 aromatic heterocycles. The highest BCUT2D eigenvalue weighted by Crippen LogP contribution is 2.34.